The van der Waals surface area contributed by atoms with Crippen molar-refractivity contribution in [3.05, 3.63) is 71.4 Å². The highest BCUT2D eigenvalue weighted by atomic mass is 16.4. The minimum atomic E-state index is -0.563. The molecule has 1 amide bonds. The van der Waals surface area contributed by atoms with E-state index < -0.39 is 11.2 Å². The Bertz CT molecular complexity index is 1210. The molecule has 2 aromatic heterocycles. The second-order valence-corrected chi connectivity index (χ2v) is 6.02. The van der Waals surface area contributed by atoms with Gasteiger partial charge in [-0.25, -0.2) is 4.98 Å². The Kier molecular flexibility index (Phi) is 3.97. The van der Waals surface area contributed by atoms with E-state index in [0.29, 0.717) is 16.8 Å². The van der Waals surface area contributed by atoms with Gasteiger partial charge in [0.1, 0.15) is 5.58 Å². The first-order valence-corrected chi connectivity index (χ1v) is 8.19. The number of benzene rings is 2. The van der Waals surface area contributed by atoms with Gasteiger partial charge in [0.2, 0.25) is 17.1 Å². The third-order valence-corrected chi connectivity index (χ3v) is 4.10. The molecule has 0 aliphatic heterocycles. The molecule has 0 fully saturated rings. The Labute approximate surface area is 153 Å². The Morgan fingerprint density at radius 1 is 1.22 bits per heavy atom. The fraction of sp³-hybridized carbons (Fsp3) is 0.0500. The molecule has 0 atom stereocenters. The van der Waals surface area contributed by atoms with Gasteiger partial charge in [-0.3, -0.25) is 9.59 Å². The zero-order valence-corrected chi connectivity index (χ0v) is 14.3. The van der Waals surface area contributed by atoms with Gasteiger partial charge in [-0.2, -0.15) is 0 Å². The molecule has 2 N–H and O–H groups in total. The number of carbonyl (C=O) groups is 1. The van der Waals surface area contributed by atoms with Crippen LogP contribution < -0.4 is 10.7 Å². The predicted molar refractivity (Wildman–Crippen MR) is 101 cm³/mol. The van der Waals surface area contributed by atoms with Crippen LogP contribution in [0.15, 0.2) is 70.4 Å². The van der Waals surface area contributed by atoms with Gasteiger partial charge in [-0.1, -0.05) is 12.1 Å². The fourth-order valence-corrected chi connectivity index (χ4v) is 2.88. The molecule has 2 heterocycles. The van der Waals surface area contributed by atoms with Crippen LogP contribution in [0.4, 0.5) is 5.69 Å². The zero-order chi connectivity index (χ0) is 19.0. The molecule has 4 rings (SSSR count). The number of fused-ring (bicyclic) bond motifs is 1. The van der Waals surface area contributed by atoms with E-state index in [-0.39, 0.29) is 17.1 Å². The number of imidazole rings is 1. The van der Waals surface area contributed by atoms with Crippen LogP contribution in [0.2, 0.25) is 0 Å². The van der Waals surface area contributed by atoms with Crippen molar-refractivity contribution in [2.24, 2.45) is 0 Å². The van der Waals surface area contributed by atoms with E-state index in [1.54, 1.807) is 53.6 Å². The number of anilines is 1. The Morgan fingerprint density at radius 2 is 2.07 bits per heavy atom. The van der Waals surface area contributed by atoms with E-state index in [1.165, 1.54) is 13.0 Å². The van der Waals surface area contributed by atoms with Crippen molar-refractivity contribution in [3.63, 3.8) is 0 Å². The van der Waals surface area contributed by atoms with Crippen molar-refractivity contribution in [1.82, 2.24) is 9.55 Å². The lowest BCUT2D eigenvalue weighted by Crippen LogP contribution is -2.07. The summed E-state index contributed by atoms with van der Waals surface area (Å²) in [6.45, 7) is 1.38. The summed E-state index contributed by atoms with van der Waals surface area (Å²) in [5, 5.41) is 13.2. The molecule has 0 spiro atoms. The molecule has 27 heavy (non-hydrogen) atoms. The number of amides is 1. The van der Waals surface area contributed by atoms with Gasteiger partial charge >= 0.3 is 0 Å². The van der Waals surface area contributed by atoms with Crippen LogP contribution in [0.5, 0.6) is 5.75 Å². The van der Waals surface area contributed by atoms with E-state index in [0.717, 1.165) is 5.69 Å². The SMILES string of the molecule is CC(=O)Nc1ccc2oc(-c3cccc(-n4ccnc4)c3)c(O)c(=O)c2c1. The van der Waals surface area contributed by atoms with Crippen molar-refractivity contribution >= 4 is 22.6 Å². The molecule has 0 unspecified atom stereocenters. The van der Waals surface area contributed by atoms with Crippen LogP contribution in [0, 0.1) is 0 Å². The molecule has 134 valence electrons. The summed E-state index contributed by atoms with van der Waals surface area (Å²) in [5.74, 6) is -0.650. The number of rotatable bonds is 3. The normalized spacial score (nSPS) is 10.9. The van der Waals surface area contributed by atoms with Crippen molar-refractivity contribution in [2.75, 3.05) is 5.32 Å². The second kappa shape index (κ2) is 6.45. The lowest BCUT2D eigenvalue weighted by Gasteiger charge is -2.09. The molecule has 0 saturated carbocycles. The summed E-state index contributed by atoms with van der Waals surface area (Å²) in [4.78, 5) is 27.8. The number of aromatic nitrogens is 2. The Morgan fingerprint density at radius 3 is 2.81 bits per heavy atom. The molecule has 2 aromatic carbocycles. The maximum absolute atomic E-state index is 12.6. The van der Waals surface area contributed by atoms with Gasteiger partial charge in [0.05, 0.1) is 11.7 Å². The Hall–Kier alpha value is -3.87. The molecule has 0 bridgehead atoms. The molecule has 7 nitrogen and oxygen atoms in total. The van der Waals surface area contributed by atoms with Crippen LogP contribution >= 0.6 is 0 Å². The van der Waals surface area contributed by atoms with Gasteiger partial charge < -0.3 is 19.4 Å². The number of hydrogen-bond donors (Lipinski definition) is 2. The number of aromatic hydroxyl groups is 1. The smallest absolute Gasteiger partial charge is 0.235 e. The van der Waals surface area contributed by atoms with E-state index in [1.807, 2.05) is 6.07 Å². The highest BCUT2D eigenvalue weighted by Gasteiger charge is 2.16. The summed E-state index contributed by atoms with van der Waals surface area (Å²) in [5.41, 5.74) is 1.58. The van der Waals surface area contributed by atoms with Crippen molar-refractivity contribution < 1.29 is 14.3 Å². The summed E-state index contributed by atoms with van der Waals surface area (Å²) >= 11 is 0. The zero-order valence-electron chi connectivity index (χ0n) is 14.3. The summed E-state index contributed by atoms with van der Waals surface area (Å²) in [7, 11) is 0. The first-order valence-electron chi connectivity index (χ1n) is 8.19. The van der Waals surface area contributed by atoms with Crippen LogP contribution in [-0.2, 0) is 4.79 Å². The van der Waals surface area contributed by atoms with Crippen LogP contribution in [-0.4, -0.2) is 20.6 Å². The molecule has 0 saturated heterocycles. The first-order chi connectivity index (χ1) is 13.0. The van der Waals surface area contributed by atoms with E-state index in [9.17, 15) is 14.7 Å². The highest BCUT2D eigenvalue weighted by Crippen LogP contribution is 2.31. The van der Waals surface area contributed by atoms with Gasteiger partial charge in [-0.05, 0) is 30.3 Å². The molecular formula is C20H15N3O4. The minimum Gasteiger partial charge on any atom is -0.502 e. The number of nitrogens with zero attached hydrogens (tertiary/aromatic N) is 2. The number of nitrogens with one attached hydrogen (secondary N) is 1. The molecular weight excluding hydrogens is 346 g/mol. The Balaban J connectivity index is 1.86. The number of hydrogen-bond acceptors (Lipinski definition) is 5. The molecule has 4 aromatic rings. The average molecular weight is 361 g/mol. The lowest BCUT2D eigenvalue weighted by molar-refractivity contribution is -0.114. The summed E-state index contributed by atoms with van der Waals surface area (Å²) < 4.78 is 7.61. The van der Waals surface area contributed by atoms with Crippen LogP contribution in [0.25, 0.3) is 28.0 Å². The van der Waals surface area contributed by atoms with Crippen molar-refractivity contribution in [1.29, 1.82) is 0 Å². The fourth-order valence-electron chi connectivity index (χ4n) is 2.88. The highest BCUT2D eigenvalue weighted by molar-refractivity contribution is 5.92. The first kappa shape index (κ1) is 16.6. The van der Waals surface area contributed by atoms with Gasteiger partial charge in [0.15, 0.2) is 5.76 Å². The summed E-state index contributed by atoms with van der Waals surface area (Å²) in [6.07, 6.45) is 5.10. The quantitative estimate of drug-likeness (QED) is 0.583. The molecule has 0 aliphatic rings. The van der Waals surface area contributed by atoms with Gasteiger partial charge in [-0.15, -0.1) is 0 Å². The van der Waals surface area contributed by atoms with Crippen LogP contribution in [0.1, 0.15) is 6.92 Å². The second-order valence-electron chi connectivity index (χ2n) is 6.02. The number of carbonyl (C=O) groups excluding carboxylic acids is 1. The molecule has 0 radical (unpaired) electrons. The standard InChI is InChI=1S/C20H15N3O4/c1-12(24)22-14-5-6-17-16(10-14)18(25)19(26)20(27-17)13-3-2-4-15(9-13)23-8-7-21-11-23/h2-11,26H,1H3,(H,22,24). The van der Waals surface area contributed by atoms with Gasteiger partial charge in [0.25, 0.3) is 0 Å². The third-order valence-electron chi connectivity index (χ3n) is 4.10. The van der Waals surface area contributed by atoms with Crippen molar-refractivity contribution in [2.45, 2.75) is 6.92 Å². The minimum absolute atomic E-state index is 0.0849. The van der Waals surface area contributed by atoms with Gasteiger partial charge in [0, 0.05) is 36.3 Å². The topological polar surface area (TPSA) is 97.4 Å². The maximum atomic E-state index is 12.6. The molecule has 7 heteroatoms. The molecule has 0 aliphatic carbocycles. The van der Waals surface area contributed by atoms with E-state index in [2.05, 4.69) is 10.3 Å². The third kappa shape index (κ3) is 3.06. The monoisotopic (exact) mass is 361 g/mol. The van der Waals surface area contributed by atoms with Crippen LogP contribution in [0.3, 0.4) is 0 Å². The van der Waals surface area contributed by atoms with Crippen molar-refractivity contribution in [3.8, 4) is 22.8 Å². The largest absolute Gasteiger partial charge is 0.502 e. The maximum Gasteiger partial charge on any atom is 0.235 e. The van der Waals surface area contributed by atoms with E-state index >= 15 is 0 Å². The lowest BCUT2D eigenvalue weighted by atomic mass is 10.1. The summed E-state index contributed by atoms with van der Waals surface area (Å²) in [6, 6.07) is 11.9. The predicted octanol–water partition coefficient (Wildman–Crippen LogP) is 3.31. The van der Waals surface area contributed by atoms with E-state index in [4.69, 9.17) is 4.42 Å². The average Bonchev–Trinajstić information content (AvgIpc) is 3.19.